The molecule has 0 aromatic carbocycles. The van der Waals surface area contributed by atoms with Gasteiger partial charge in [-0.25, -0.2) is 4.98 Å². The van der Waals surface area contributed by atoms with Gasteiger partial charge < -0.3 is 9.88 Å². The van der Waals surface area contributed by atoms with Crippen LogP contribution in [0.15, 0.2) is 0 Å². The van der Waals surface area contributed by atoms with Crippen LogP contribution in [0, 0.1) is 5.41 Å². The van der Waals surface area contributed by atoms with Gasteiger partial charge in [0.15, 0.2) is 0 Å². The van der Waals surface area contributed by atoms with Crippen molar-refractivity contribution in [3.8, 4) is 0 Å². The normalized spacial score (nSPS) is 31.3. The fraction of sp³-hybridized carbons (Fsp3) is 0.812. The van der Waals surface area contributed by atoms with Gasteiger partial charge in [0.1, 0.15) is 0 Å². The predicted octanol–water partition coefficient (Wildman–Crippen LogP) is 3.90. The monoisotopic (exact) mass is 261 g/mol. The van der Waals surface area contributed by atoms with Crippen LogP contribution in [-0.4, -0.2) is 15.6 Å². The summed E-state index contributed by atoms with van der Waals surface area (Å²) in [6.45, 7) is 14.1. The molecule has 1 aliphatic heterocycles. The second kappa shape index (κ2) is 3.77. The SMILES string of the molecule is CC1CC(C)n2c(nc3c2C(C)(C)CC(C)(C)C3)N1. The van der Waals surface area contributed by atoms with Crippen LogP contribution in [0.25, 0.3) is 0 Å². The van der Waals surface area contributed by atoms with Crippen LogP contribution >= 0.6 is 0 Å². The third kappa shape index (κ3) is 1.98. The zero-order valence-corrected chi connectivity index (χ0v) is 13.2. The number of nitrogens with zero attached hydrogens (tertiary/aromatic N) is 2. The number of imidazole rings is 1. The minimum absolute atomic E-state index is 0.221. The Kier molecular flexibility index (Phi) is 2.58. The Morgan fingerprint density at radius 3 is 2.58 bits per heavy atom. The highest BCUT2D eigenvalue weighted by atomic mass is 15.3. The number of hydrogen-bond acceptors (Lipinski definition) is 2. The maximum absolute atomic E-state index is 4.94. The third-order valence-electron chi connectivity index (χ3n) is 4.70. The molecule has 1 aliphatic carbocycles. The van der Waals surface area contributed by atoms with Gasteiger partial charge in [0, 0.05) is 23.2 Å². The summed E-state index contributed by atoms with van der Waals surface area (Å²) in [5, 5.41) is 3.56. The van der Waals surface area contributed by atoms with Crippen LogP contribution in [-0.2, 0) is 11.8 Å². The van der Waals surface area contributed by atoms with Crippen molar-refractivity contribution < 1.29 is 0 Å². The second-order valence-electron chi connectivity index (χ2n) is 8.13. The molecule has 2 unspecified atom stereocenters. The lowest BCUT2D eigenvalue weighted by Gasteiger charge is -2.42. The molecule has 1 aromatic heterocycles. The Hall–Kier alpha value is -0.990. The largest absolute Gasteiger partial charge is 0.353 e. The van der Waals surface area contributed by atoms with E-state index in [1.54, 1.807) is 0 Å². The van der Waals surface area contributed by atoms with Crippen molar-refractivity contribution in [2.45, 2.75) is 78.3 Å². The standard InChI is InChI=1S/C16H27N3/c1-10-7-11(2)19-13-12(18-14(19)17-10)8-15(3,4)9-16(13,5)6/h10-11H,7-9H2,1-6H3,(H,17,18). The summed E-state index contributed by atoms with van der Waals surface area (Å²) < 4.78 is 2.48. The second-order valence-corrected chi connectivity index (χ2v) is 8.13. The molecule has 3 heteroatoms. The van der Waals surface area contributed by atoms with Gasteiger partial charge >= 0.3 is 0 Å². The fourth-order valence-corrected chi connectivity index (χ4v) is 4.54. The van der Waals surface area contributed by atoms with Crippen LogP contribution in [0.3, 0.4) is 0 Å². The van der Waals surface area contributed by atoms with Crippen LogP contribution in [0.4, 0.5) is 5.95 Å². The van der Waals surface area contributed by atoms with E-state index in [1.165, 1.54) is 24.2 Å². The molecule has 3 nitrogen and oxygen atoms in total. The van der Waals surface area contributed by atoms with E-state index in [0.29, 0.717) is 17.5 Å². The van der Waals surface area contributed by atoms with Gasteiger partial charge in [-0.05, 0) is 38.5 Å². The average Bonchev–Trinajstić information content (AvgIpc) is 2.52. The molecule has 2 aliphatic rings. The molecule has 0 bridgehead atoms. The van der Waals surface area contributed by atoms with E-state index >= 15 is 0 Å². The summed E-state index contributed by atoms with van der Waals surface area (Å²) >= 11 is 0. The van der Waals surface area contributed by atoms with Gasteiger partial charge in [-0.15, -0.1) is 0 Å². The average molecular weight is 261 g/mol. The highest BCUT2D eigenvalue weighted by Crippen LogP contribution is 2.48. The Morgan fingerprint density at radius 1 is 1.21 bits per heavy atom. The van der Waals surface area contributed by atoms with E-state index in [2.05, 4.69) is 51.4 Å². The first-order valence-corrected chi connectivity index (χ1v) is 7.58. The Bertz CT molecular complexity index is 510. The van der Waals surface area contributed by atoms with Gasteiger partial charge in [0.25, 0.3) is 0 Å². The maximum Gasteiger partial charge on any atom is 0.203 e. The Morgan fingerprint density at radius 2 is 1.89 bits per heavy atom. The Balaban J connectivity index is 2.16. The van der Waals surface area contributed by atoms with E-state index in [4.69, 9.17) is 4.98 Å². The summed E-state index contributed by atoms with van der Waals surface area (Å²) in [6.07, 6.45) is 3.53. The molecule has 0 fully saturated rings. The number of anilines is 1. The number of rotatable bonds is 0. The van der Waals surface area contributed by atoms with E-state index in [9.17, 15) is 0 Å². The first kappa shape index (κ1) is 13.0. The highest BCUT2D eigenvalue weighted by molar-refractivity contribution is 5.42. The van der Waals surface area contributed by atoms with Gasteiger partial charge in [0.05, 0.1) is 5.69 Å². The summed E-state index contributed by atoms with van der Waals surface area (Å²) in [5.41, 5.74) is 3.38. The van der Waals surface area contributed by atoms with Crippen LogP contribution in [0.1, 0.15) is 71.8 Å². The van der Waals surface area contributed by atoms with Crippen molar-refractivity contribution in [3.63, 3.8) is 0 Å². The van der Waals surface area contributed by atoms with Crippen molar-refractivity contribution in [2.75, 3.05) is 5.32 Å². The molecule has 2 heterocycles. The molecule has 0 amide bonds. The van der Waals surface area contributed by atoms with E-state index < -0.39 is 0 Å². The molecule has 1 aromatic rings. The molecule has 1 N–H and O–H groups in total. The lowest BCUT2D eigenvalue weighted by atomic mass is 9.66. The minimum Gasteiger partial charge on any atom is -0.353 e. The molecule has 0 saturated heterocycles. The quantitative estimate of drug-likeness (QED) is 0.767. The maximum atomic E-state index is 4.94. The zero-order valence-electron chi connectivity index (χ0n) is 13.2. The molecule has 3 rings (SSSR count). The summed E-state index contributed by atoms with van der Waals surface area (Å²) in [5.74, 6) is 1.10. The van der Waals surface area contributed by atoms with Crippen molar-refractivity contribution >= 4 is 5.95 Å². The topological polar surface area (TPSA) is 29.9 Å². The van der Waals surface area contributed by atoms with Gasteiger partial charge in [-0.2, -0.15) is 0 Å². The highest BCUT2D eigenvalue weighted by Gasteiger charge is 2.43. The number of hydrogen-bond donors (Lipinski definition) is 1. The van der Waals surface area contributed by atoms with E-state index in [-0.39, 0.29) is 5.41 Å². The van der Waals surface area contributed by atoms with Crippen molar-refractivity contribution in [1.82, 2.24) is 9.55 Å². The van der Waals surface area contributed by atoms with Crippen molar-refractivity contribution in [3.05, 3.63) is 11.4 Å². The van der Waals surface area contributed by atoms with Crippen molar-refractivity contribution in [1.29, 1.82) is 0 Å². The number of nitrogens with one attached hydrogen (secondary N) is 1. The molecule has 0 spiro atoms. The Labute approximate surface area is 116 Å². The van der Waals surface area contributed by atoms with E-state index in [1.807, 2.05) is 0 Å². The fourth-order valence-electron chi connectivity index (χ4n) is 4.54. The lowest BCUT2D eigenvalue weighted by Crippen LogP contribution is -2.38. The number of aromatic nitrogens is 2. The summed E-state index contributed by atoms with van der Waals surface area (Å²) in [4.78, 5) is 4.94. The molecule has 19 heavy (non-hydrogen) atoms. The van der Waals surface area contributed by atoms with Gasteiger partial charge in [-0.1, -0.05) is 27.7 Å². The molecular formula is C16H27N3. The molecule has 106 valence electrons. The van der Waals surface area contributed by atoms with Gasteiger partial charge in [-0.3, -0.25) is 0 Å². The summed E-state index contributed by atoms with van der Waals surface area (Å²) in [7, 11) is 0. The minimum atomic E-state index is 0.221. The van der Waals surface area contributed by atoms with Crippen LogP contribution in [0.2, 0.25) is 0 Å². The summed E-state index contributed by atoms with van der Waals surface area (Å²) in [6, 6.07) is 1.09. The zero-order chi connectivity index (χ0) is 14.0. The first-order chi connectivity index (χ1) is 8.70. The van der Waals surface area contributed by atoms with Crippen molar-refractivity contribution in [2.24, 2.45) is 5.41 Å². The third-order valence-corrected chi connectivity index (χ3v) is 4.70. The molecule has 0 saturated carbocycles. The molecule has 2 atom stereocenters. The smallest absolute Gasteiger partial charge is 0.203 e. The van der Waals surface area contributed by atoms with Crippen LogP contribution in [0.5, 0.6) is 0 Å². The van der Waals surface area contributed by atoms with Crippen LogP contribution < -0.4 is 5.32 Å². The van der Waals surface area contributed by atoms with Gasteiger partial charge in [0.2, 0.25) is 5.95 Å². The first-order valence-electron chi connectivity index (χ1n) is 7.58. The predicted molar refractivity (Wildman–Crippen MR) is 79.8 cm³/mol. The molecular weight excluding hydrogens is 234 g/mol. The molecule has 0 radical (unpaired) electrons. The lowest BCUT2D eigenvalue weighted by molar-refractivity contribution is 0.216. The number of fused-ring (bicyclic) bond motifs is 3. The van der Waals surface area contributed by atoms with E-state index in [0.717, 1.165) is 12.4 Å².